The lowest BCUT2D eigenvalue weighted by atomic mass is 10.1. The first kappa shape index (κ1) is 20.7. The summed E-state index contributed by atoms with van der Waals surface area (Å²) in [6.07, 6.45) is -0.0850. The van der Waals surface area contributed by atoms with Gasteiger partial charge in [-0.2, -0.15) is 0 Å². The molecule has 0 fully saturated rings. The van der Waals surface area contributed by atoms with Crippen LogP contribution in [-0.2, 0) is 19.4 Å². The molecule has 22 heavy (non-hydrogen) atoms. The van der Waals surface area contributed by atoms with Crippen LogP contribution in [0.1, 0.15) is 19.8 Å². The van der Waals surface area contributed by atoms with E-state index < -0.39 is 24.4 Å². The molecular weight excluding hydrogens is 300 g/mol. The van der Waals surface area contributed by atoms with Crippen molar-refractivity contribution in [3.05, 3.63) is 0 Å². The topological polar surface area (TPSA) is 158 Å². The fourth-order valence-corrected chi connectivity index (χ4v) is 1.73. The minimum atomic E-state index is -1.21. The molecule has 3 atom stereocenters. The SMILES string of the molecule is CC(CNC(CCOO)COO)CNC(CC(=O)O)C(=O)O. The number of carboxylic acids is 2. The molecule has 0 aromatic carbocycles. The molecule has 0 aliphatic heterocycles. The minimum Gasteiger partial charge on any atom is -0.481 e. The maximum atomic E-state index is 10.9. The Morgan fingerprint density at radius 3 is 2.23 bits per heavy atom. The Morgan fingerprint density at radius 1 is 1.09 bits per heavy atom. The molecule has 0 radical (unpaired) electrons. The van der Waals surface area contributed by atoms with Crippen LogP contribution in [-0.4, -0.2) is 71.1 Å². The fourth-order valence-electron chi connectivity index (χ4n) is 1.73. The lowest BCUT2D eigenvalue weighted by molar-refractivity contribution is -0.257. The summed E-state index contributed by atoms with van der Waals surface area (Å²) in [6.45, 7) is 2.72. The standard InChI is InChI=1S/C12H24N2O8/c1-8(5-13-9(7-22-20)2-3-21-19)6-14-10(12(17)18)4-11(15)16/h8-10,13-14,19-20H,2-7H2,1H3,(H,15,16)(H,17,18). The first-order chi connectivity index (χ1) is 10.4. The van der Waals surface area contributed by atoms with Crippen molar-refractivity contribution in [2.75, 3.05) is 26.3 Å². The zero-order valence-corrected chi connectivity index (χ0v) is 12.4. The summed E-state index contributed by atoms with van der Waals surface area (Å²) in [5, 5.41) is 40.0. The van der Waals surface area contributed by atoms with Crippen LogP contribution >= 0.6 is 0 Å². The van der Waals surface area contributed by atoms with Crippen molar-refractivity contribution < 1.29 is 40.1 Å². The second kappa shape index (κ2) is 12.3. The predicted octanol–water partition coefficient (Wildman–Crippen LogP) is -0.532. The van der Waals surface area contributed by atoms with Crippen molar-refractivity contribution >= 4 is 11.9 Å². The highest BCUT2D eigenvalue weighted by atomic mass is 17.1. The average Bonchev–Trinajstić information content (AvgIpc) is 2.45. The van der Waals surface area contributed by atoms with Crippen molar-refractivity contribution in [3.63, 3.8) is 0 Å². The largest absolute Gasteiger partial charge is 0.481 e. The van der Waals surface area contributed by atoms with Gasteiger partial charge < -0.3 is 20.8 Å². The zero-order chi connectivity index (χ0) is 17.0. The monoisotopic (exact) mass is 324 g/mol. The minimum absolute atomic E-state index is 0.00637. The van der Waals surface area contributed by atoms with Crippen LogP contribution in [0, 0.1) is 5.92 Å². The Morgan fingerprint density at radius 2 is 1.73 bits per heavy atom. The second-order valence-corrected chi connectivity index (χ2v) is 5.02. The zero-order valence-electron chi connectivity index (χ0n) is 12.4. The van der Waals surface area contributed by atoms with Gasteiger partial charge in [-0.05, 0) is 25.4 Å². The van der Waals surface area contributed by atoms with Crippen LogP contribution in [0.15, 0.2) is 0 Å². The van der Waals surface area contributed by atoms with Crippen LogP contribution in [0.3, 0.4) is 0 Å². The van der Waals surface area contributed by atoms with E-state index in [1.54, 1.807) is 0 Å². The summed E-state index contributed by atoms with van der Waals surface area (Å²) in [4.78, 5) is 29.5. The smallest absolute Gasteiger partial charge is 0.321 e. The molecule has 0 heterocycles. The molecule has 10 nitrogen and oxygen atoms in total. The Bertz CT molecular complexity index is 328. The van der Waals surface area contributed by atoms with Gasteiger partial charge in [0.2, 0.25) is 0 Å². The molecule has 10 heteroatoms. The Hall–Kier alpha value is -1.30. The Labute approximate surface area is 127 Å². The van der Waals surface area contributed by atoms with E-state index in [1.165, 1.54) is 0 Å². The third-order valence-electron chi connectivity index (χ3n) is 2.98. The number of aliphatic carboxylic acids is 2. The summed E-state index contributed by atoms with van der Waals surface area (Å²) in [7, 11) is 0. The molecule has 130 valence electrons. The van der Waals surface area contributed by atoms with Gasteiger partial charge in [-0.1, -0.05) is 6.92 Å². The van der Waals surface area contributed by atoms with Crippen molar-refractivity contribution in [3.8, 4) is 0 Å². The Kier molecular flexibility index (Phi) is 11.5. The van der Waals surface area contributed by atoms with Gasteiger partial charge in [0, 0.05) is 6.04 Å². The molecule has 0 aliphatic rings. The summed E-state index contributed by atoms with van der Waals surface area (Å²) < 4.78 is 0. The second-order valence-electron chi connectivity index (χ2n) is 5.02. The molecule has 0 amide bonds. The van der Waals surface area contributed by atoms with Gasteiger partial charge in [0.25, 0.3) is 0 Å². The first-order valence-corrected chi connectivity index (χ1v) is 6.84. The van der Waals surface area contributed by atoms with E-state index >= 15 is 0 Å². The summed E-state index contributed by atoms with van der Waals surface area (Å²) in [5.74, 6) is -2.39. The number of nitrogens with one attached hydrogen (secondary N) is 2. The highest BCUT2D eigenvalue weighted by molar-refractivity contribution is 5.80. The molecule has 0 aromatic rings. The van der Waals surface area contributed by atoms with Crippen molar-refractivity contribution in [1.29, 1.82) is 0 Å². The lowest BCUT2D eigenvalue weighted by Crippen LogP contribution is -2.44. The van der Waals surface area contributed by atoms with Gasteiger partial charge >= 0.3 is 11.9 Å². The number of rotatable bonds is 14. The van der Waals surface area contributed by atoms with Crippen LogP contribution in [0.2, 0.25) is 0 Å². The third kappa shape index (κ3) is 10.4. The third-order valence-corrected chi connectivity index (χ3v) is 2.98. The molecule has 6 N–H and O–H groups in total. The van der Waals surface area contributed by atoms with Gasteiger partial charge in [-0.3, -0.25) is 20.1 Å². The number of carboxylic acid groups (broad SMARTS) is 2. The van der Waals surface area contributed by atoms with Gasteiger partial charge in [-0.15, -0.1) is 0 Å². The van der Waals surface area contributed by atoms with E-state index in [4.69, 9.17) is 20.7 Å². The Balaban J connectivity index is 4.10. The normalized spacial score (nSPS) is 15.2. The number of hydrogen-bond acceptors (Lipinski definition) is 8. The van der Waals surface area contributed by atoms with E-state index in [2.05, 4.69) is 20.4 Å². The maximum absolute atomic E-state index is 10.9. The van der Waals surface area contributed by atoms with Crippen molar-refractivity contribution in [2.24, 2.45) is 5.92 Å². The van der Waals surface area contributed by atoms with Crippen LogP contribution < -0.4 is 10.6 Å². The quantitative estimate of drug-likeness (QED) is 0.181. The van der Waals surface area contributed by atoms with E-state index in [0.29, 0.717) is 19.5 Å². The predicted molar refractivity (Wildman–Crippen MR) is 74.4 cm³/mol. The highest BCUT2D eigenvalue weighted by Crippen LogP contribution is 1.99. The van der Waals surface area contributed by atoms with Crippen LogP contribution in [0.4, 0.5) is 0 Å². The van der Waals surface area contributed by atoms with Gasteiger partial charge in [0.15, 0.2) is 0 Å². The summed E-state index contributed by atoms with van der Waals surface area (Å²) in [5.41, 5.74) is 0. The number of hydrogen-bond donors (Lipinski definition) is 6. The van der Waals surface area contributed by atoms with Gasteiger partial charge in [0.1, 0.15) is 6.04 Å². The molecule has 0 saturated heterocycles. The molecule has 0 spiro atoms. The summed E-state index contributed by atoms with van der Waals surface area (Å²) >= 11 is 0. The van der Waals surface area contributed by atoms with Crippen LogP contribution in [0.25, 0.3) is 0 Å². The molecule has 0 saturated carbocycles. The van der Waals surface area contributed by atoms with Gasteiger partial charge in [0.05, 0.1) is 19.6 Å². The van der Waals surface area contributed by atoms with Crippen molar-refractivity contribution in [2.45, 2.75) is 31.8 Å². The van der Waals surface area contributed by atoms with E-state index in [-0.39, 0.29) is 25.2 Å². The molecule has 0 bridgehead atoms. The molecule has 0 rings (SSSR count). The van der Waals surface area contributed by atoms with Crippen molar-refractivity contribution in [1.82, 2.24) is 10.6 Å². The average molecular weight is 324 g/mol. The van der Waals surface area contributed by atoms with Crippen LogP contribution in [0.5, 0.6) is 0 Å². The summed E-state index contributed by atoms with van der Waals surface area (Å²) in [6, 6.07) is -1.38. The lowest BCUT2D eigenvalue weighted by Gasteiger charge is -2.21. The van der Waals surface area contributed by atoms with Gasteiger partial charge in [-0.25, -0.2) is 9.78 Å². The molecule has 3 unspecified atom stereocenters. The van der Waals surface area contributed by atoms with E-state index in [9.17, 15) is 9.59 Å². The molecule has 0 aliphatic carbocycles. The van der Waals surface area contributed by atoms with E-state index in [0.717, 1.165) is 0 Å². The maximum Gasteiger partial charge on any atom is 0.321 e. The molecular formula is C12H24N2O8. The highest BCUT2D eigenvalue weighted by Gasteiger charge is 2.21. The van der Waals surface area contributed by atoms with E-state index in [1.807, 2.05) is 6.92 Å². The fraction of sp³-hybridized carbons (Fsp3) is 0.833. The number of carbonyl (C=O) groups is 2. The molecule has 0 aromatic heterocycles. The first-order valence-electron chi connectivity index (χ1n) is 6.84.